The third-order valence-corrected chi connectivity index (χ3v) is 5.81. The summed E-state index contributed by atoms with van der Waals surface area (Å²) in [5, 5.41) is 10.7. The average molecular weight is 499 g/mol. The van der Waals surface area contributed by atoms with E-state index in [4.69, 9.17) is 4.74 Å². The van der Waals surface area contributed by atoms with Gasteiger partial charge in [0.15, 0.2) is 5.82 Å². The SMILES string of the molecule is Cc1ccc(C)c(NC(=O)Oc2ccc(N3CCN(C(=O)c4ccccc4C(F)(F)F)CC3)nn2)c1. The fourth-order valence-corrected chi connectivity index (χ4v) is 3.86. The van der Waals surface area contributed by atoms with Crippen LogP contribution in [0.3, 0.4) is 0 Å². The number of amides is 2. The van der Waals surface area contributed by atoms with Crippen molar-refractivity contribution in [2.24, 2.45) is 0 Å². The zero-order valence-electron chi connectivity index (χ0n) is 19.7. The average Bonchev–Trinajstić information content (AvgIpc) is 2.86. The maximum Gasteiger partial charge on any atom is 0.418 e. The second kappa shape index (κ2) is 10.2. The summed E-state index contributed by atoms with van der Waals surface area (Å²) in [4.78, 5) is 28.2. The summed E-state index contributed by atoms with van der Waals surface area (Å²) in [6, 6.07) is 13.6. The summed E-state index contributed by atoms with van der Waals surface area (Å²) < 4.78 is 45.1. The Balaban J connectivity index is 1.34. The Morgan fingerprint density at radius 2 is 1.67 bits per heavy atom. The standard InChI is InChI=1S/C25H24F3N5O3/c1-16-7-8-17(2)20(15-16)29-24(35)36-22-10-9-21(30-31-22)32-11-13-33(14-12-32)23(34)18-5-3-4-6-19(18)25(26,27)28/h3-10,15H,11-14H2,1-2H3,(H,29,35). The number of piperazine rings is 1. The van der Waals surface area contributed by atoms with Gasteiger partial charge in [-0.05, 0) is 49.2 Å². The van der Waals surface area contributed by atoms with Crippen LogP contribution in [0.4, 0.5) is 29.5 Å². The van der Waals surface area contributed by atoms with Gasteiger partial charge in [-0.2, -0.15) is 13.2 Å². The highest BCUT2D eigenvalue weighted by atomic mass is 19.4. The molecule has 0 bridgehead atoms. The number of nitrogens with one attached hydrogen (secondary N) is 1. The number of hydrogen-bond acceptors (Lipinski definition) is 6. The molecule has 8 nitrogen and oxygen atoms in total. The van der Waals surface area contributed by atoms with Crippen LogP contribution in [0, 0.1) is 13.8 Å². The number of halogens is 3. The molecule has 0 atom stereocenters. The lowest BCUT2D eigenvalue weighted by Gasteiger charge is -2.35. The quantitative estimate of drug-likeness (QED) is 0.561. The number of benzene rings is 2. The lowest BCUT2D eigenvalue weighted by Crippen LogP contribution is -2.49. The summed E-state index contributed by atoms with van der Waals surface area (Å²) in [6.07, 6.45) is -5.31. The van der Waals surface area contributed by atoms with E-state index in [9.17, 15) is 22.8 Å². The molecule has 3 aromatic rings. The Kier molecular flexibility index (Phi) is 7.09. The van der Waals surface area contributed by atoms with Crippen LogP contribution in [-0.4, -0.2) is 53.3 Å². The highest BCUT2D eigenvalue weighted by Crippen LogP contribution is 2.32. The van der Waals surface area contributed by atoms with Crippen LogP contribution >= 0.6 is 0 Å². The van der Waals surface area contributed by atoms with Crippen molar-refractivity contribution < 1.29 is 27.5 Å². The number of aromatic nitrogens is 2. The number of alkyl halides is 3. The monoisotopic (exact) mass is 499 g/mol. The first kappa shape index (κ1) is 25.0. The second-order valence-corrected chi connectivity index (χ2v) is 8.39. The fraction of sp³-hybridized carbons (Fsp3) is 0.280. The van der Waals surface area contributed by atoms with E-state index in [-0.39, 0.29) is 24.5 Å². The zero-order valence-corrected chi connectivity index (χ0v) is 19.7. The van der Waals surface area contributed by atoms with Crippen LogP contribution in [0.2, 0.25) is 0 Å². The van der Waals surface area contributed by atoms with Crippen molar-refractivity contribution in [2.45, 2.75) is 20.0 Å². The second-order valence-electron chi connectivity index (χ2n) is 8.39. The number of carbonyl (C=O) groups excluding carboxylic acids is 2. The molecule has 1 aromatic heterocycles. The molecule has 0 saturated carbocycles. The van der Waals surface area contributed by atoms with Crippen LogP contribution in [0.1, 0.15) is 27.0 Å². The van der Waals surface area contributed by atoms with Crippen molar-refractivity contribution in [3.05, 3.63) is 76.9 Å². The number of aryl methyl sites for hydroxylation is 2. The molecule has 4 rings (SSSR count). The van der Waals surface area contributed by atoms with E-state index >= 15 is 0 Å². The molecule has 188 valence electrons. The summed E-state index contributed by atoms with van der Waals surface area (Å²) in [5.74, 6) is -0.147. The van der Waals surface area contributed by atoms with Crippen molar-refractivity contribution in [2.75, 3.05) is 36.4 Å². The smallest absolute Gasteiger partial charge is 0.389 e. The number of ether oxygens (including phenoxy) is 1. The lowest BCUT2D eigenvalue weighted by atomic mass is 10.1. The molecule has 0 radical (unpaired) electrons. The van der Waals surface area contributed by atoms with Gasteiger partial charge in [-0.1, -0.05) is 24.3 Å². The fourth-order valence-electron chi connectivity index (χ4n) is 3.86. The molecule has 2 aromatic carbocycles. The molecular formula is C25H24F3N5O3. The third-order valence-electron chi connectivity index (χ3n) is 5.81. The van der Waals surface area contributed by atoms with E-state index in [0.29, 0.717) is 24.6 Å². The molecule has 1 saturated heterocycles. The highest BCUT2D eigenvalue weighted by molar-refractivity contribution is 5.96. The van der Waals surface area contributed by atoms with E-state index in [1.54, 1.807) is 6.07 Å². The van der Waals surface area contributed by atoms with Gasteiger partial charge in [0, 0.05) is 37.9 Å². The zero-order chi connectivity index (χ0) is 25.9. The van der Waals surface area contributed by atoms with E-state index < -0.39 is 23.7 Å². The Labute approximate surface area is 205 Å². The minimum atomic E-state index is -4.61. The van der Waals surface area contributed by atoms with Gasteiger partial charge in [-0.15, -0.1) is 10.2 Å². The van der Waals surface area contributed by atoms with Crippen molar-refractivity contribution in [1.82, 2.24) is 15.1 Å². The van der Waals surface area contributed by atoms with Crippen molar-refractivity contribution >= 4 is 23.5 Å². The van der Waals surface area contributed by atoms with Gasteiger partial charge in [0.2, 0.25) is 5.88 Å². The van der Waals surface area contributed by atoms with E-state index in [1.807, 2.05) is 36.9 Å². The van der Waals surface area contributed by atoms with Gasteiger partial charge in [0.25, 0.3) is 5.91 Å². The Morgan fingerprint density at radius 3 is 2.33 bits per heavy atom. The lowest BCUT2D eigenvalue weighted by molar-refractivity contribution is -0.138. The first-order valence-electron chi connectivity index (χ1n) is 11.2. The molecule has 2 heterocycles. The molecule has 36 heavy (non-hydrogen) atoms. The van der Waals surface area contributed by atoms with Crippen LogP contribution in [0.5, 0.6) is 5.88 Å². The third kappa shape index (κ3) is 5.73. The van der Waals surface area contributed by atoms with Crippen molar-refractivity contribution in [3.8, 4) is 5.88 Å². The normalized spacial score (nSPS) is 13.9. The first-order chi connectivity index (χ1) is 17.1. The van der Waals surface area contributed by atoms with Crippen LogP contribution in [0.15, 0.2) is 54.6 Å². The number of anilines is 2. The van der Waals surface area contributed by atoms with E-state index in [2.05, 4.69) is 15.5 Å². The summed E-state index contributed by atoms with van der Waals surface area (Å²) in [5.41, 5.74) is 1.21. The van der Waals surface area contributed by atoms with Crippen molar-refractivity contribution in [3.63, 3.8) is 0 Å². The largest absolute Gasteiger partial charge is 0.418 e. The maximum atomic E-state index is 13.3. The molecule has 1 aliphatic rings. The molecule has 1 N–H and O–H groups in total. The Hall–Kier alpha value is -4.15. The van der Waals surface area contributed by atoms with E-state index in [0.717, 1.165) is 17.2 Å². The predicted octanol–water partition coefficient (Wildman–Crippen LogP) is 4.69. The number of carbonyl (C=O) groups is 2. The maximum absolute atomic E-state index is 13.3. The van der Waals surface area contributed by atoms with Crippen LogP contribution in [0.25, 0.3) is 0 Å². The van der Waals surface area contributed by atoms with Crippen LogP contribution in [-0.2, 0) is 6.18 Å². The minimum absolute atomic E-state index is 0.0131. The van der Waals surface area contributed by atoms with Crippen LogP contribution < -0.4 is 15.0 Å². The van der Waals surface area contributed by atoms with Gasteiger partial charge in [-0.25, -0.2) is 4.79 Å². The molecule has 1 aliphatic heterocycles. The van der Waals surface area contributed by atoms with Crippen molar-refractivity contribution in [1.29, 1.82) is 0 Å². The van der Waals surface area contributed by atoms with Gasteiger partial charge in [0.05, 0.1) is 11.1 Å². The molecule has 0 unspecified atom stereocenters. The highest BCUT2D eigenvalue weighted by Gasteiger charge is 2.36. The van der Waals surface area contributed by atoms with E-state index in [1.165, 1.54) is 29.2 Å². The van der Waals surface area contributed by atoms with Gasteiger partial charge in [0.1, 0.15) is 0 Å². The summed E-state index contributed by atoms with van der Waals surface area (Å²) >= 11 is 0. The molecule has 2 amide bonds. The molecule has 0 spiro atoms. The first-order valence-corrected chi connectivity index (χ1v) is 11.2. The summed E-state index contributed by atoms with van der Waals surface area (Å²) in [6.45, 7) is 4.96. The Morgan fingerprint density at radius 1 is 0.944 bits per heavy atom. The molecule has 1 fully saturated rings. The summed E-state index contributed by atoms with van der Waals surface area (Å²) in [7, 11) is 0. The van der Waals surface area contributed by atoms with Gasteiger partial charge < -0.3 is 14.5 Å². The molecule has 0 aliphatic carbocycles. The topological polar surface area (TPSA) is 87.7 Å². The minimum Gasteiger partial charge on any atom is -0.389 e. The number of nitrogens with zero attached hydrogens (tertiary/aromatic N) is 4. The predicted molar refractivity (Wildman–Crippen MR) is 127 cm³/mol. The van der Waals surface area contributed by atoms with Gasteiger partial charge >= 0.3 is 12.3 Å². The Bertz CT molecular complexity index is 1260. The van der Waals surface area contributed by atoms with Gasteiger partial charge in [-0.3, -0.25) is 10.1 Å². The molecular weight excluding hydrogens is 475 g/mol. The number of rotatable bonds is 4. The number of hydrogen-bond donors (Lipinski definition) is 1. The molecule has 11 heteroatoms.